The van der Waals surface area contributed by atoms with Gasteiger partial charge in [0.05, 0.1) is 38.1 Å². The Labute approximate surface area is 156 Å². The highest BCUT2D eigenvalue weighted by Crippen LogP contribution is 2.22. The molecule has 0 unspecified atom stereocenters. The monoisotopic (exact) mass is 374 g/mol. The summed E-state index contributed by atoms with van der Waals surface area (Å²) in [5, 5.41) is 0. The molecular weight excluding hydrogens is 346 g/mol. The molecule has 3 rings (SSSR count). The smallest absolute Gasteiger partial charge is 0.261 e. The summed E-state index contributed by atoms with van der Waals surface area (Å²) in [6, 6.07) is 14.7. The topological polar surface area (TPSA) is 53.9 Å². The van der Waals surface area contributed by atoms with Gasteiger partial charge < -0.3 is 9.80 Å². The van der Waals surface area contributed by atoms with E-state index in [9.17, 15) is 8.42 Å². The van der Waals surface area contributed by atoms with Gasteiger partial charge in [-0.2, -0.15) is 0 Å². The lowest BCUT2D eigenvalue weighted by Gasteiger charge is -2.31. The Kier molecular flexibility index (Phi) is 5.53. The molecule has 1 fully saturated rings. The van der Waals surface area contributed by atoms with Crippen LogP contribution in [-0.2, 0) is 10.0 Å². The molecule has 5 nitrogen and oxygen atoms in total. The first-order chi connectivity index (χ1) is 12.3. The number of sulfonamides is 1. The molecule has 1 saturated heterocycles. The zero-order valence-electron chi connectivity index (χ0n) is 15.7. The highest BCUT2D eigenvalue weighted by atomic mass is 32.2. The lowest BCUT2D eigenvalue weighted by Crippen LogP contribution is -3.12. The summed E-state index contributed by atoms with van der Waals surface area (Å²) in [5.41, 5.74) is 2.85. The van der Waals surface area contributed by atoms with Crippen LogP contribution in [0.2, 0.25) is 0 Å². The van der Waals surface area contributed by atoms with E-state index in [1.165, 1.54) is 0 Å². The number of likely N-dealkylation sites (N-methyl/N-ethyl adjacent to an activating group) is 1. The Balaban J connectivity index is 1.69. The second-order valence-electron chi connectivity index (χ2n) is 7.32. The zero-order chi connectivity index (χ0) is 18.7. The fraction of sp³-hybridized carbons (Fsp3) is 0.400. The van der Waals surface area contributed by atoms with E-state index in [-0.39, 0.29) is 4.90 Å². The van der Waals surface area contributed by atoms with Crippen LogP contribution in [0.1, 0.15) is 25.3 Å². The van der Waals surface area contributed by atoms with Crippen molar-refractivity contribution in [3.05, 3.63) is 54.1 Å². The van der Waals surface area contributed by atoms with E-state index in [1.54, 1.807) is 17.0 Å². The molecule has 0 aromatic heterocycles. The van der Waals surface area contributed by atoms with Crippen LogP contribution in [0, 0.1) is 0 Å². The van der Waals surface area contributed by atoms with Crippen molar-refractivity contribution in [3.8, 4) is 0 Å². The number of quaternary nitrogens is 1. The molecule has 0 radical (unpaired) electrons. The van der Waals surface area contributed by atoms with E-state index >= 15 is 0 Å². The predicted octanol–water partition coefficient (Wildman–Crippen LogP) is 1.95. The van der Waals surface area contributed by atoms with E-state index in [2.05, 4.69) is 30.5 Å². The lowest BCUT2D eigenvalue weighted by atomic mass is 10.0. The first-order valence-electron chi connectivity index (χ1n) is 9.14. The molecule has 0 amide bonds. The van der Waals surface area contributed by atoms with Crippen LogP contribution in [0.4, 0.5) is 11.4 Å². The molecule has 0 aliphatic carbocycles. The molecule has 0 atom stereocenters. The molecule has 2 aromatic rings. The molecule has 2 N–H and O–H groups in total. The summed E-state index contributed by atoms with van der Waals surface area (Å²) >= 11 is 0. The number of rotatable bonds is 5. The summed E-state index contributed by atoms with van der Waals surface area (Å²) in [4.78, 5) is 4.18. The van der Waals surface area contributed by atoms with E-state index in [4.69, 9.17) is 0 Å². The van der Waals surface area contributed by atoms with Crippen molar-refractivity contribution in [2.45, 2.75) is 24.7 Å². The summed E-state index contributed by atoms with van der Waals surface area (Å²) in [6.07, 6.45) is 0. The van der Waals surface area contributed by atoms with Gasteiger partial charge >= 0.3 is 0 Å². The summed E-state index contributed by atoms with van der Waals surface area (Å²) < 4.78 is 27.8. The van der Waals surface area contributed by atoms with E-state index in [0.29, 0.717) is 11.6 Å². The molecular formula is C20H28N3O2S+. The van der Waals surface area contributed by atoms with Gasteiger partial charge in [-0.25, -0.2) is 8.42 Å². The normalized spacial score (nSPS) is 16.1. The standard InChI is InChI=1S/C20H27N3O2S/c1-16(2)17-4-10-20(11-5-17)26(24,25)21-18-6-8-19(9-7-18)23-14-12-22(3)13-15-23/h4-11,16,21H,12-15H2,1-3H3/p+1. The molecule has 0 spiro atoms. The first-order valence-corrected chi connectivity index (χ1v) is 10.6. The Morgan fingerprint density at radius 2 is 1.54 bits per heavy atom. The van der Waals surface area contributed by atoms with E-state index < -0.39 is 10.0 Å². The lowest BCUT2D eigenvalue weighted by molar-refractivity contribution is -0.880. The number of piperazine rings is 1. The maximum absolute atomic E-state index is 12.6. The van der Waals surface area contributed by atoms with Crippen molar-refractivity contribution in [2.24, 2.45) is 0 Å². The maximum Gasteiger partial charge on any atom is 0.261 e. The Morgan fingerprint density at radius 1 is 0.962 bits per heavy atom. The molecule has 0 bridgehead atoms. The fourth-order valence-corrected chi connectivity index (χ4v) is 4.19. The zero-order valence-corrected chi connectivity index (χ0v) is 16.5. The number of hydrogen-bond acceptors (Lipinski definition) is 3. The van der Waals surface area contributed by atoms with Gasteiger partial charge in [0, 0.05) is 11.4 Å². The average molecular weight is 375 g/mol. The maximum atomic E-state index is 12.6. The number of nitrogens with zero attached hydrogens (tertiary/aromatic N) is 1. The Hall–Kier alpha value is -2.05. The van der Waals surface area contributed by atoms with Crippen LogP contribution in [0.5, 0.6) is 0 Å². The van der Waals surface area contributed by atoms with Gasteiger partial charge in [0.25, 0.3) is 10.0 Å². The van der Waals surface area contributed by atoms with Gasteiger partial charge in [-0.3, -0.25) is 4.72 Å². The number of nitrogens with one attached hydrogen (secondary N) is 2. The number of hydrogen-bond donors (Lipinski definition) is 2. The van der Waals surface area contributed by atoms with Crippen LogP contribution in [0.15, 0.2) is 53.4 Å². The van der Waals surface area contributed by atoms with Gasteiger partial charge in [-0.1, -0.05) is 26.0 Å². The van der Waals surface area contributed by atoms with Crippen molar-refractivity contribution < 1.29 is 13.3 Å². The van der Waals surface area contributed by atoms with Crippen LogP contribution in [0.25, 0.3) is 0 Å². The molecule has 0 saturated carbocycles. The molecule has 26 heavy (non-hydrogen) atoms. The minimum Gasteiger partial charge on any atom is -0.360 e. The predicted molar refractivity (Wildman–Crippen MR) is 107 cm³/mol. The second-order valence-corrected chi connectivity index (χ2v) is 9.00. The Bertz CT molecular complexity index is 822. The van der Waals surface area contributed by atoms with Gasteiger partial charge in [0.1, 0.15) is 0 Å². The number of benzene rings is 2. The van der Waals surface area contributed by atoms with E-state index in [1.807, 2.05) is 36.4 Å². The minimum absolute atomic E-state index is 0.285. The average Bonchev–Trinajstić information content (AvgIpc) is 2.63. The van der Waals surface area contributed by atoms with Crippen molar-refractivity contribution in [1.29, 1.82) is 0 Å². The molecule has 2 aromatic carbocycles. The molecule has 1 heterocycles. The van der Waals surface area contributed by atoms with Crippen LogP contribution in [-0.4, -0.2) is 41.6 Å². The van der Waals surface area contributed by atoms with Crippen molar-refractivity contribution >= 4 is 21.4 Å². The summed E-state index contributed by atoms with van der Waals surface area (Å²) in [5.74, 6) is 0.378. The van der Waals surface area contributed by atoms with Gasteiger partial charge in [0.15, 0.2) is 0 Å². The molecule has 1 aliphatic rings. The van der Waals surface area contributed by atoms with Crippen LogP contribution >= 0.6 is 0 Å². The third-order valence-electron chi connectivity index (χ3n) is 4.96. The van der Waals surface area contributed by atoms with E-state index in [0.717, 1.165) is 37.4 Å². The summed E-state index contributed by atoms with van der Waals surface area (Å²) in [6.45, 7) is 8.48. The number of anilines is 2. The fourth-order valence-electron chi connectivity index (χ4n) is 3.13. The largest absolute Gasteiger partial charge is 0.360 e. The highest BCUT2D eigenvalue weighted by Gasteiger charge is 2.18. The van der Waals surface area contributed by atoms with Gasteiger partial charge in [-0.05, 0) is 47.9 Å². The molecule has 1 aliphatic heterocycles. The minimum atomic E-state index is -3.57. The van der Waals surface area contributed by atoms with Gasteiger partial charge in [0.2, 0.25) is 0 Å². The molecule has 140 valence electrons. The van der Waals surface area contributed by atoms with Gasteiger partial charge in [-0.15, -0.1) is 0 Å². The van der Waals surface area contributed by atoms with Crippen molar-refractivity contribution in [1.82, 2.24) is 0 Å². The SMILES string of the molecule is CC(C)c1ccc(S(=O)(=O)Nc2ccc(N3CC[NH+](C)CC3)cc2)cc1. The summed E-state index contributed by atoms with van der Waals surface area (Å²) in [7, 11) is -1.36. The quantitative estimate of drug-likeness (QED) is 0.841. The van der Waals surface area contributed by atoms with Crippen LogP contribution in [0.3, 0.4) is 0 Å². The second kappa shape index (κ2) is 7.68. The van der Waals surface area contributed by atoms with Crippen LogP contribution < -0.4 is 14.5 Å². The first kappa shape index (κ1) is 18.7. The third kappa shape index (κ3) is 4.37. The molecule has 6 heteroatoms. The Morgan fingerprint density at radius 3 is 2.08 bits per heavy atom. The highest BCUT2D eigenvalue weighted by molar-refractivity contribution is 7.92. The van der Waals surface area contributed by atoms with Crippen molar-refractivity contribution in [2.75, 3.05) is 42.8 Å². The third-order valence-corrected chi connectivity index (χ3v) is 6.36. The van der Waals surface area contributed by atoms with Crippen molar-refractivity contribution in [3.63, 3.8) is 0 Å².